The average Bonchev–Trinajstić information content (AvgIpc) is 3.08. The standard InChI is InChI=1S/C25H29N3O4/c1-2-3-6-15-21-16-17-22-23(29)26(20-13-9-5-10-14-20)24(30)28(22)27(21)25(31)32-18-19-11-7-4-8-12-19/h4-5,7-14,16-17,21-23,29H,2-3,6,15,18H2,1H3. The monoisotopic (exact) mass is 435 g/mol. The molecule has 2 heterocycles. The minimum Gasteiger partial charge on any atom is -0.443 e. The van der Waals surface area contributed by atoms with Crippen LogP contribution in [0.4, 0.5) is 15.3 Å². The van der Waals surface area contributed by atoms with Crippen LogP contribution in [-0.4, -0.2) is 45.6 Å². The summed E-state index contributed by atoms with van der Waals surface area (Å²) in [5.74, 6) is 0. The molecule has 0 aromatic heterocycles. The lowest BCUT2D eigenvalue weighted by atomic mass is 10.0. The molecule has 1 fully saturated rings. The number of fused-ring (bicyclic) bond motifs is 1. The number of benzene rings is 2. The van der Waals surface area contributed by atoms with Crippen molar-refractivity contribution in [2.24, 2.45) is 0 Å². The molecule has 0 radical (unpaired) electrons. The first-order chi connectivity index (χ1) is 15.6. The topological polar surface area (TPSA) is 73.3 Å². The van der Waals surface area contributed by atoms with Crippen molar-refractivity contribution in [1.29, 1.82) is 0 Å². The lowest BCUT2D eigenvalue weighted by molar-refractivity contribution is -0.0385. The summed E-state index contributed by atoms with van der Waals surface area (Å²) in [6, 6.07) is 17.0. The molecule has 2 aliphatic rings. The number of aliphatic hydroxyl groups excluding tert-OH is 1. The lowest BCUT2D eigenvalue weighted by Gasteiger charge is -2.40. The van der Waals surface area contributed by atoms with Gasteiger partial charge >= 0.3 is 12.1 Å². The molecule has 1 N–H and O–H groups in total. The highest BCUT2D eigenvalue weighted by Crippen LogP contribution is 2.34. The number of nitrogens with zero attached hydrogens (tertiary/aromatic N) is 3. The maximum atomic E-state index is 13.4. The number of urea groups is 1. The zero-order valence-corrected chi connectivity index (χ0v) is 18.2. The molecule has 3 unspecified atom stereocenters. The van der Waals surface area contributed by atoms with Crippen LogP contribution >= 0.6 is 0 Å². The van der Waals surface area contributed by atoms with Gasteiger partial charge in [-0.25, -0.2) is 19.6 Å². The minimum absolute atomic E-state index is 0.110. The Hall–Kier alpha value is -3.32. The average molecular weight is 436 g/mol. The SMILES string of the molecule is CCCCCC1C=CC2C(O)N(c3ccccc3)C(=O)N2N1C(=O)OCc1ccccc1. The van der Waals surface area contributed by atoms with Gasteiger partial charge in [0.25, 0.3) is 0 Å². The van der Waals surface area contributed by atoms with Crippen molar-refractivity contribution in [1.82, 2.24) is 10.0 Å². The largest absolute Gasteiger partial charge is 0.443 e. The Labute approximate surface area is 188 Å². The van der Waals surface area contributed by atoms with Gasteiger partial charge in [-0.1, -0.05) is 86.9 Å². The van der Waals surface area contributed by atoms with Crippen LogP contribution in [0.5, 0.6) is 0 Å². The fourth-order valence-electron chi connectivity index (χ4n) is 4.21. The van der Waals surface area contributed by atoms with Crippen LogP contribution in [0.3, 0.4) is 0 Å². The van der Waals surface area contributed by atoms with E-state index in [0.717, 1.165) is 24.8 Å². The summed E-state index contributed by atoms with van der Waals surface area (Å²) in [5.41, 5.74) is 1.44. The number of hydrazine groups is 1. The molecule has 0 aliphatic carbocycles. The Morgan fingerprint density at radius 1 is 1.00 bits per heavy atom. The van der Waals surface area contributed by atoms with E-state index in [9.17, 15) is 14.7 Å². The maximum absolute atomic E-state index is 13.4. The number of unbranched alkanes of at least 4 members (excludes halogenated alkanes) is 2. The van der Waals surface area contributed by atoms with Crippen LogP contribution in [0.25, 0.3) is 0 Å². The Kier molecular flexibility index (Phi) is 6.75. The molecular weight excluding hydrogens is 406 g/mol. The third-order valence-corrected chi connectivity index (χ3v) is 5.86. The molecule has 0 saturated carbocycles. The van der Waals surface area contributed by atoms with E-state index in [1.165, 1.54) is 14.9 Å². The summed E-state index contributed by atoms with van der Waals surface area (Å²) >= 11 is 0. The van der Waals surface area contributed by atoms with E-state index in [-0.39, 0.29) is 12.6 Å². The number of hydrogen-bond donors (Lipinski definition) is 1. The zero-order chi connectivity index (χ0) is 22.5. The maximum Gasteiger partial charge on any atom is 0.429 e. The van der Waals surface area contributed by atoms with Crippen molar-refractivity contribution >= 4 is 17.8 Å². The number of rotatable bonds is 7. The van der Waals surface area contributed by atoms with Gasteiger partial charge in [0.1, 0.15) is 12.6 Å². The Bertz CT molecular complexity index is 950. The van der Waals surface area contributed by atoms with Gasteiger partial charge in [-0.15, -0.1) is 0 Å². The molecule has 3 amide bonds. The highest BCUT2D eigenvalue weighted by Gasteiger charge is 2.52. The molecule has 7 heteroatoms. The highest BCUT2D eigenvalue weighted by molar-refractivity contribution is 5.96. The van der Waals surface area contributed by atoms with Crippen LogP contribution in [0.2, 0.25) is 0 Å². The molecule has 0 spiro atoms. The van der Waals surface area contributed by atoms with Crippen LogP contribution in [-0.2, 0) is 11.3 Å². The summed E-state index contributed by atoms with van der Waals surface area (Å²) in [4.78, 5) is 28.0. The van der Waals surface area contributed by atoms with Gasteiger partial charge in [0.15, 0.2) is 6.23 Å². The summed E-state index contributed by atoms with van der Waals surface area (Å²) in [6.07, 6.45) is 5.75. The van der Waals surface area contributed by atoms with Crippen LogP contribution in [0, 0.1) is 0 Å². The Morgan fingerprint density at radius 3 is 2.38 bits per heavy atom. The quantitative estimate of drug-likeness (QED) is 0.506. The molecule has 1 saturated heterocycles. The number of aliphatic hydroxyl groups is 1. The number of carbonyl (C=O) groups is 2. The van der Waals surface area contributed by atoms with Crippen LogP contribution in [0.15, 0.2) is 72.8 Å². The van der Waals surface area contributed by atoms with E-state index >= 15 is 0 Å². The van der Waals surface area contributed by atoms with E-state index < -0.39 is 24.4 Å². The molecule has 3 atom stereocenters. The van der Waals surface area contributed by atoms with Crippen molar-refractivity contribution in [2.75, 3.05) is 4.90 Å². The lowest BCUT2D eigenvalue weighted by Crippen LogP contribution is -2.58. The number of carbonyl (C=O) groups excluding carboxylic acids is 2. The Morgan fingerprint density at radius 2 is 1.69 bits per heavy atom. The fourth-order valence-corrected chi connectivity index (χ4v) is 4.21. The second kappa shape index (κ2) is 9.87. The van der Waals surface area contributed by atoms with Gasteiger partial charge in [0.05, 0.1) is 6.04 Å². The highest BCUT2D eigenvalue weighted by atomic mass is 16.6. The van der Waals surface area contributed by atoms with Crippen LogP contribution in [0.1, 0.15) is 38.2 Å². The van der Waals surface area contributed by atoms with Crippen molar-refractivity contribution in [3.63, 3.8) is 0 Å². The Balaban J connectivity index is 1.59. The molecule has 32 heavy (non-hydrogen) atoms. The first-order valence-corrected chi connectivity index (χ1v) is 11.2. The van der Waals surface area contributed by atoms with E-state index in [0.29, 0.717) is 12.1 Å². The molecule has 168 valence electrons. The van der Waals surface area contributed by atoms with Gasteiger partial charge < -0.3 is 9.84 Å². The van der Waals surface area contributed by atoms with Gasteiger partial charge in [0.2, 0.25) is 0 Å². The molecular formula is C25H29N3O4. The van der Waals surface area contributed by atoms with E-state index in [1.807, 2.05) is 60.7 Å². The third-order valence-electron chi connectivity index (χ3n) is 5.86. The minimum atomic E-state index is -1.11. The molecule has 2 aromatic carbocycles. The molecule has 2 aromatic rings. The normalized spacial score (nSPS) is 22.2. The second-order valence-corrected chi connectivity index (χ2v) is 8.07. The molecule has 0 bridgehead atoms. The molecule has 7 nitrogen and oxygen atoms in total. The molecule has 4 rings (SSSR count). The summed E-state index contributed by atoms with van der Waals surface area (Å²) in [5, 5.41) is 13.7. The van der Waals surface area contributed by atoms with E-state index in [2.05, 4.69) is 6.92 Å². The van der Waals surface area contributed by atoms with E-state index in [4.69, 9.17) is 4.74 Å². The van der Waals surface area contributed by atoms with Crippen molar-refractivity contribution < 1.29 is 19.4 Å². The zero-order valence-electron chi connectivity index (χ0n) is 18.2. The summed E-state index contributed by atoms with van der Waals surface area (Å²) in [7, 11) is 0. The van der Waals surface area contributed by atoms with E-state index in [1.54, 1.807) is 12.1 Å². The number of hydrogen-bond acceptors (Lipinski definition) is 4. The van der Waals surface area contributed by atoms with Gasteiger partial charge in [-0.3, -0.25) is 4.90 Å². The summed E-state index contributed by atoms with van der Waals surface area (Å²) < 4.78 is 5.60. The number of para-hydroxylation sites is 1. The first kappa shape index (κ1) is 21.9. The second-order valence-electron chi connectivity index (χ2n) is 8.07. The number of ether oxygens (including phenoxy) is 1. The fraction of sp³-hybridized carbons (Fsp3) is 0.360. The van der Waals surface area contributed by atoms with Crippen LogP contribution < -0.4 is 4.90 Å². The predicted molar refractivity (Wildman–Crippen MR) is 121 cm³/mol. The van der Waals surface area contributed by atoms with Gasteiger partial charge in [-0.05, 0) is 24.1 Å². The third kappa shape index (κ3) is 4.34. The molecule has 2 aliphatic heterocycles. The number of anilines is 1. The van der Waals surface area contributed by atoms with Gasteiger partial charge in [0, 0.05) is 5.69 Å². The van der Waals surface area contributed by atoms with Crippen molar-refractivity contribution in [3.8, 4) is 0 Å². The smallest absolute Gasteiger partial charge is 0.429 e. The predicted octanol–water partition coefficient (Wildman–Crippen LogP) is 4.69. The van der Waals surface area contributed by atoms with Crippen molar-refractivity contribution in [3.05, 3.63) is 78.4 Å². The van der Waals surface area contributed by atoms with Crippen molar-refractivity contribution in [2.45, 2.75) is 57.5 Å². The first-order valence-electron chi connectivity index (χ1n) is 11.2. The number of amides is 3. The summed E-state index contributed by atoms with van der Waals surface area (Å²) in [6.45, 7) is 2.23. The van der Waals surface area contributed by atoms with Gasteiger partial charge in [-0.2, -0.15) is 0 Å².